The Hall–Kier alpha value is -2.51. The smallest absolute Gasteiger partial charge is 0.239 e. The Morgan fingerprint density at radius 3 is 3.00 bits per heavy atom. The van der Waals surface area contributed by atoms with Gasteiger partial charge in [0.1, 0.15) is 29.6 Å². The Morgan fingerprint density at radius 2 is 2.23 bits per heavy atom. The first-order valence-electron chi connectivity index (χ1n) is 8.56. The third-order valence-electron chi connectivity index (χ3n) is 4.24. The number of nitrogens with zero attached hydrogens (tertiary/aromatic N) is 2. The fourth-order valence-corrected chi connectivity index (χ4v) is 3.06. The number of benzene rings is 1. The molecule has 1 fully saturated rings. The summed E-state index contributed by atoms with van der Waals surface area (Å²) in [4.78, 5) is 18.1. The summed E-state index contributed by atoms with van der Waals surface area (Å²) in [6, 6.07) is 11.1. The molecule has 7 heteroatoms. The van der Waals surface area contributed by atoms with Crippen LogP contribution in [0.15, 0.2) is 48.7 Å². The summed E-state index contributed by atoms with van der Waals surface area (Å²) >= 11 is 0. The third-order valence-corrected chi connectivity index (χ3v) is 4.24. The van der Waals surface area contributed by atoms with Gasteiger partial charge in [-0.3, -0.25) is 9.69 Å². The Kier molecular flexibility index (Phi) is 5.80. The van der Waals surface area contributed by atoms with Gasteiger partial charge in [-0.2, -0.15) is 0 Å². The molecule has 1 aromatic carbocycles. The van der Waals surface area contributed by atoms with Crippen LogP contribution in [0.4, 0.5) is 10.2 Å². The molecule has 0 saturated carbocycles. The number of aromatic nitrogens is 1. The second-order valence-electron chi connectivity index (χ2n) is 6.55. The van der Waals surface area contributed by atoms with Gasteiger partial charge in [-0.1, -0.05) is 12.1 Å². The minimum atomic E-state index is -1.07. The highest BCUT2D eigenvalue weighted by Crippen LogP contribution is 2.23. The van der Waals surface area contributed by atoms with Crippen LogP contribution in [0.3, 0.4) is 0 Å². The van der Waals surface area contributed by atoms with E-state index < -0.39 is 5.60 Å². The number of nitrogens with one attached hydrogen (secondary N) is 1. The molecular weight excluding hydrogens is 337 g/mol. The molecule has 0 unspecified atom stereocenters. The monoisotopic (exact) mass is 359 g/mol. The number of ether oxygens (including phenoxy) is 1. The van der Waals surface area contributed by atoms with E-state index in [1.807, 2.05) is 4.90 Å². The number of anilines is 1. The Bertz CT molecular complexity index is 744. The van der Waals surface area contributed by atoms with Crippen LogP contribution in [-0.2, 0) is 4.79 Å². The first-order valence-corrected chi connectivity index (χ1v) is 8.56. The average Bonchev–Trinajstić information content (AvgIpc) is 2.61. The summed E-state index contributed by atoms with van der Waals surface area (Å²) in [6.07, 6.45) is 2.93. The number of carbonyl (C=O) groups is 1. The lowest BCUT2D eigenvalue weighted by atomic mass is 9.93. The summed E-state index contributed by atoms with van der Waals surface area (Å²) < 4.78 is 18.8. The van der Waals surface area contributed by atoms with Gasteiger partial charge in [-0.05, 0) is 43.7 Å². The van der Waals surface area contributed by atoms with Crippen molar-refractivity contribution in [3.05, 3.63) is 54.5 Å². The lowest BCUT2D eigenvalue weighted by Crippen LogP contribution is -2.53. The third kappa shape index (κ3) is 5.24. The molecule has 26 heavy (non-hydrogen) atoms. The number of hydrogen-bond acceptors (Lipinski definition) is 5. The molecule has 2 heterocycles. The van der Waals surface area contributed by atoms with Crippen LogP contribution in [-0.4, -0.2) is 52.7 Å². The largest absolute Gasteiger partial charge is 0.490 e. The zero-order valence-corrected chi connectivity index (χ0v) is 14.4. The highest BCUT2D eigenvalue weighted by Gasteiger charge is 2.34. The molecule has 1 aliphatic heterocycles. The maximum absolute atomic E-state index is 13.2. The van der Waals surface area contributed by atoms with E-state index in [1.54, 1.807) is 36.5 Å². The molecule has 1 saturated heterocycles. The molecule has 2 N–H and O–H groups in total. The van der Waals surface area contributed by atoms with Crippen LogP contribution in [0.5, 0.6) is 5.75 Å². The van der Waals surface area contributed by atoms with Crippen molar-refractivity contribution in [3.63, 3.8) is 0 Å². The van der Waals surface area contributed by atoms with Gasteiger partial charge in [0, 0.05) is 18.8 Å². The molecule has 138 valence electrons. The number of carbonyl (C=O) groups excluding carboxylic acids is 1. The molecule has 2 aromatic rings. The number of hydrogen-bond donors (Lipinski definition) is 2. The fraction of sp³-hybridized carbons (Fsp3) is 0.368. The number of pyridine rings is 1. The Balaban J connectivity index is 1.51. The SMILES string of the molecule is O=C(CN1CCC[C@@](O)(COc2cccc(F)c2)C1)Nc1ccccn1. The van der Waals surface area contributed by atoms with E-state index in [0.717, 1.165) is 13.0 Å². The highest BCUT2D eigenvalue weighted by atomic mass is 19.1. The lowest BCUT2D eigenvalue weighted by Gasteiger charge is -2.38. The van der Waals surface area contributed by atoms with Crippen LogP contribution in [0.2, 0.25) is 0 Å². The number of rotatable bonds is 6. The average molecular weight is 359 g/mol. The molecule has 1 atom stereocenters. The molecule has 1 amide bonds. The molecular formula is C19H22FN3O3. The van der Waals surface area contributed by atoms with Gasteiger partial charge in [0.25, 0.3) is 0 Å². The van der Waals surface area contributed by atoms with Crippen molar-refractivity contribution in [1.29, 1.82) is 0 Å². The topological polar surface area (TPSA) is 74.7 Å². The van der Waals surface area contributed by atoms with Crippen molar-refractivity contribution in [2.75, 3.05) is 31.6 Å². The van der Waals surface area contributed by atoms with E-state index in [2.05, 4.69) is 10.3 Å². The summed E-state index contributed by atoms with van der Waals surface area (Å²) in [5.41, 5.74) is -1.07. The van der Waals surface area contributed by atoms with E-state index >= 15 is 0 Å². The van der Waals surface area contributed by atoms with Gasteiger partial charge in [0.15, 0.2) is 0 Å². The van der Waals surface area contributed by atoms with Crippen LogP contribution in [0.25, 0.3) is 0 Å². The molecule has 0 aliphatic carbocycles. The number of amides is 1. The van der Waals surface area contributed by atoms with E-state index in [9.17, 15) is 14.3 Å². The standard InChI is InChI=1S/C19H22FN3O3/c20-15-5-3-6-16(11-15)26-14-19(25)8-4-10-23(13-19)12-18(24)22-17-7-1-2-9-21-17/h1-3,5-7,9,11,25H,4,8,10,12-14H2,(H,21,22,24)/t19-/m0/s1. The molecule has 6 nitrogen and oxygen atoms in total. The predicted octanol–water partition coefficient (Wildman–Crippen LogP) is 2.07. The van der Waals surface area contributed by atoms with Crippen LogP contribution in [0.1, 0.15) is 12.8 Å². The van der Waals surface area contributed by atoms with Gasteiger partial charge < -0.3 is 15.2 Å². The minimum Gasteiger partial charge on any atom is -0.490 e. The number of piperidine rings is 1. The molecule has 0 radical (unpaired) electrons. The van der Waals surface area contributed by atoms with E-state index in [-0.39, 0.29) is 24.9 Å². The number of β-amino-alcohol motifs (C(OH)–C–C–N with tert-alkyl or cyclic N) is 1. The van der Waals surface area contributed by atoms with Gasteiger partial charge in [-0.25, -0.2) is 9.37 Å². The van der Waals surface area contributed by atoms with Gasteiger partial charge >= 0.3 is 0 Å². The normalized spacial score (nSPS) is 20.5. The Labute approximate surface area is 151 Å². The second-order valence-corrected chi connectivity index (χ2v) is 6.55. The van der Waals surface area contributed by atoms with Crippen LogP contribution >= 0.6 is 0 Å². The molecule has 1 aromatic heterocycles. The summed E-state index contributed by atoms with van der Waals surface area (Å²) in [5.74, 6) is 0.313. The van der Waals surface area contributed by atoms with Gasteiger partial charge in [0.2, 0.25) is 5.91 Å². The fourth-order valence-electron chi connectivity index (χ4n) is 3.06. The maximum Gasteiger partial charge on any atom is 0.239 e. The van der Waals surface area contributed by atoms with Crippen molar-refractivity contribution in [1.82, 2.24) is 9.88 Å². The zero-order chi connectivity index (χ0) is 18.4. The van der Waals surface area contributed by atoms with Crippen molar-refractivity contribution in [2.24, 2.45) is 0 Å². The molecule has 0 bridgehead atoms. The minimum absolute atomic E-state index is 0.0504. The number of aliphatic hydroxyl groups is 1. The van der Waals surface area contributed by atoms with Crippen molar-refractivity contribution in [3.8, 4) is 5.75 Å². The highest BCUT2D eigenvalue weighted by molar-refractivity contribution is 5.91. The number of likely N-dealkylation sites (tertiary alicyclic amines) is 1. The summed E-state index contributed by atoms with van der Waals surface area (Å²) in [7, 11) is 0. The second kappa shape index (κ2) is 8.25. The van der Waals surface area contributed by atoms with E-state index in [0.29, 0.717) is 24.5 Å². The molecule has 0 spiro atoms. The first-order chi connectivity index (χ1) is 12.5. The zero-order valence-electron chi connectivity index (χ0n) is 14.4. The van der Waals surface area contributed by atoms with Crippen molar-refractivity contribution >= 4 is 11.7 Å². The van der Waals surface area contributed by atoms with Crippen LogP contribution < -0.4 is 10.1 Å². The predicted molar refractivity (Wildman–Crippen MR) is 95.4 cm³/mol. The van der Waals surface area contributed by atoms with E-state index in [1.165, 1.54) is 12.1 Å². The van der Waals surface area contributed by atoms with E-state index in [4.69, 9.17) is 4.74 Å². The maximum atomic E-state index is 13.2. The molecule has 3 rings (SSSR count). The first kappa shape index (κ1) is 18.3. The summed E-state index contributed by atoms with van der Waals surface area (Å²) in [5, 5.41) is 13.5. The van der Waals surface area contributed by atoms with Crippen LogP contribution in [0, 0.1) is 5.82 Å². The summed E-state index contributed by atoms with van der Waals surface area (Å²) in [6.45, 7) is 1.25. The van der Waals surface area contributed by atoms with Crippen molar-refractivity contribution in [2.45, 2.75) is 18.4 Å². The quantitative estimate of drug-likeness (QED) is 0.826. The Morgan fingerprint density at radius 1 is 1.35 bits per heavy atom. The van der Waals surface area contributed by atoms with Gasteiger partial charge in [-0.15, -0.1) is 0 Å². The lowest BCUT2D eigenvalue weighted by molar-refractivity contribution is -0.119. The van der Waals surface area contributed by atoms with Crippen molar-refractivity contribution < 1.29 is 19.0 Å². The number of halogens is 1. The van der Waals surface area contributed by atoms with Gasteiger partial charge in [0.05, 0.1) is 6.54 Å². The molecule has 1 aliphatic rings.